The van der Waals surface area contributed by atoms with Crippen molar-refractivity contribution in [1.29, 1.82) is 0 Å². The van der Waals surface area contributed by atoms with E-state index in [-0.39, 0.29) is 17.2 Å². The molecule has 2 amide bonds. The lowest BCUT2D eigenvalue weighted by atomic mass is 10.1. The normalized spacial score (nSPS) is 12.3. The molecule has 0 radical (unpaired) electrons. The molecule has 5 aromatic carbocycles. The van der Waals surface area contributed by atoms with E-state index >= 15 is 0 Å². The predicted molar refractivity (Wildman–Crippen MR) is 248 cm³/mol. The number of pyridine rings is 1. The van der Waals surface area contributed by atoms with Crippen LogP contribution in [0.3, 0.4) is 0 Å². The quantitative estimate of drug-likeness (QED) is 0.0829. The van der Waals surface area contributed by atoms with Gasteiger partial charge in [0.05, 0.1) is 35.7 Å². The van der Waals surface area contributed by atoms with E-state index in [1.54, 1.807) is 19.2 Å². The molecule has 8 rings (SSSR count). The average Bonchev–Trinajstić information content (AvgIpc) is 3.66. The van der Waals surface area contributed by atoms with Crippen molar-refractivity contribution in [2.24, 2.45) is 0 Å². The third kappa shape index (κ3) is 11.5. The van der Waals surface area contributed by atoms with Crippen molar-refractivity contribution in [3.05, 3.63) is 201 Å². The number of hydrogen-bond donors (Lipinski definition) is 4. The Labute approximate surface area is 366 Å². The molecule has 0 saturated carbocycles. The molecule has 0 bridgehead atoms. The van der Waals surface area contributed by atoms with Gasteiger partial charge in [0.1, 0.15) is 17.1 Å². The highest BCUT2D eigenvalue weighted by Gasteiger charge is 2.17. The third-order valence-electron chi connectivity index (χ3n) is 9.22. The van der Waals surface area contributed by atoms with Gasteiger partial charge in [-0.05, 0) is 114 Å². The predicted octanol–water partition coefficient (Wildman–Crippen LogP) is 10.9. The molecule has 11 nitrogen and oxygen atoms in total. The minimum absolute atomic E-state index is 0.163. The number of anilines is 4. The van der Waals surface area contributed by atoms with Gasteiger partial charge >= 0.3 is 0 Å². The molecule has 61 heavy (non-hydrogen) atoms. The zero-order valence-corrected chi connectivity index (χ0v) is 35.4. The van der Waals surface area contributed by atoms with E-state index in [9.17, 15) is 14.4 Å². The Hall–Kier alpha value is -6.80. The molecule has 0 saturated heterocycles. The lowest BCUT2D eigenvalue weighted by molar-refractivity contribution is 0.101. The maximum atomic E-state index is 12.8. The molecular weight excluding hydrogens is 826 g/mol. The standard InChI is InChI=1S/C25H22N4O3S.C22H18ClN3OS/c1-32-23-13-6-5-12-21(23)28-33-20-11-7-10-19(16-20)26-25(31)22-14-15-24(30)29(27-22)17-18-8-3-2-4-9-18;1-14-9-11-19-17(14)10-12-21(25-19)22(27)24-15-5-4-6-16(13-15)28-26-20-8-3-2-7-18(20)23/h2-16,28H,17H2,1H3,(H,26,31);2-14,26H,1H3,(H,24,27). The number of allylic oxidation sites excluding steroid dienone is 1. The topological polar surface area (TPSA) is 139 Å². The van der Waals surface area contributed by atoms with Crippen molar-refractivity contribution in [1.82, 2.24) is 14.8 Å². The minimum atomic E-state index is -0.392. The van der Waals surface area contributed by atoms with E-state index in [0.717, 1.165) is 43.7 Å². The number of rotatable bonds is 13. The van der Waals surface area contributed by atoms with Crippen LogP contribution < -0.4 is 30.4 Å². The van der Waals surface area contributed by atoms with Gasteiger partial charge < -0.3 is 24.8 Å². The maximum absolute atomic E-state index is 12.8. The summed E-state index contributed by atoms with van der Waals surface area (Å²) in [5.74, 6) is 0.471. The van der Waals surface area contributed by atoms with Crippen molar-refractivity contribution in [2.75, 3.05) is 27.2 Å². The van der Waals surface area contributed by atoms with Crippen molar-refractivity contribution >= 4 is 76.1 Å². The van der Waals surface area contributed by atoms with Gasteiger partial charge in [-0.2, -0.15) is 5.10 Å². The van der Waals surface area contributed by atoms with Crippen molar-refractivity contribution in [3.63, 3.8) is 0 Å². The summed E-state index contributed by atoms with van der Waals surface area (Å²) in [4.78, 5) is 43.9. The minimum Gasteiger partial charge on any atom is -0.495 e. The lowest BCUT2D eigenvalue weighted by Gasteiger charge is -2.11. The first-order chi connectivity index (χ1) is 29.7. The Morgan fingerprint density at radius 1 is 0.705 bits per heavy atom. The monoisotopic (exact) mass is 865 g/mol. The summed E-state index contributed by atoms with van der Waals surface area (Å²) >= 11 is 9.00. The highest BCUT2D eigenvalue weighted by molar-refractivity contribution is 8.00. The molecule has 1 atom stereocenters. The van der Waals surface area contributed by atoms with Crippen LogP contribution in [0, 0.1) is 0 Å². The summed E-state index contributed by atoms with van der Waals surface area (Å²) in [5.41, 5.74) is 6.27. The fourth-order valence-electron chi connectivity index (χ4n) is 6.08. The number of aromatic nitrogens is 3. The summed E-state index contributed by atoms with van der Waals surface area (Å²) in [6, 6.07) is 46.3. The largest absolute Gasteiger partial charge is 0.495 e. The molecule has 2 aromatic heterocycles. The zero-order chi connectivity index (χ0) is 42.6. The fraction of sp³-hybridized carbons (Fsp3) is 0.0851. The molecule has 2 heterocycles. The summed E-state index contributed by atoms with van der Waals surface area (Å²) < 4.78 is 13.1. The van der Waals surface area contributed by atoms with Crippen LogP contribution in [-0.2, 0) is 6.54 Å². The first-order valence-corrected chi connectivity index (χ1v) is 21.1. The number of halogens is 1. The van der Waals surface area contributed by atoms with Gasteiger partial charge in [0, 0.05) is 33.2 Å². The summed E-state index contributed by atoms with van der Waals surface area (Å²) in [6.07, 6.45) is 4.06. The molecule has 4 N–H and O–H groups in total. The van der Waals surface area contributed by atoms with Crippen LogP contribution in [-0.4, -0.2) is 33.7 Å². The molecule has 7 aromatic rings. The number of methoxy groups -OCH3 is 1. The molecule has 1 unspecified atom stereocenters. The second-order valence-corrected chi connectivity index (χ2v) is 15.7. The number of benzene rings is 5. The van der Waals surface area contributed by atoms with Gasteiger partial charge in [0.2, 0.25) is 0 Å². The van der Waals surface area contributed by atoms with Gasteiger partial charge in [-0.15, -0.1) is 0 Å². The number of hydrogen-bond acceptors (Lipinski definition) is 10. The van der Waals surface area contributed by atoms with Crippen LogP contribution in [0.4, 0.5) is 22.7 Å². The van der Waals surface area contributed by atoms with Crippen LogP contribution in [0.25, 0.3) is 6.08 Å². The van der Waals surface area contributed by atoms with Gasteiger partial charge in [0.15, 0.2) is 0 Å². The SMILES string of the molecule is CC1C=Cc2nc(C(=O)Nc3cccc(SNc4ccccc4Cl)c3)ccc21.COc1ccccc1NSc1cccc(NC(=O)c2ccc(=O)n(Cc3ccccc3)n2)c1. The number of para-hydroxylation sites is 3. The van der Waals surface area contributed by atoms with E-state index < -0.39 is 5.91 Å². The number of nitrogens with one attached hydrogen (secondary N) is 4. The van der Waals surface area contributed by atoms with E-state index in [1.807, 2.05) is 133 Å². The molecular formula is C47H40ClN7O4S2. The highest BCUT2D eigenvalue weighted by atomic mass is 35.5. The molecule has 0 spiro atoms. The number of amides is 2. The molecule has 0 aliphatic heterocycles. The van der Waals surface area contributed by atoms with E-state index in [2.05, 4.69) is 43.2 Å². The van der Waals surface area contributed by atoms with Crippen LogP contribution in [0.1, 0.15) is 50.6 Å². The number of nitrogens with zero attached hydrogens (tertiary/aromatic N) is 3. The van der Waals surface area contributed by atoms with Crippen molar-refractivity contribution in [2.45, 2.75) is 29.2 Å². The van der Waals surface area contributed by atoms with E-state index in [1.165, 1.54) is 40.7 Å². The van der Waals surface area contributed by atoms with Crippen LogP contribution in [0.15, 0.2) is 172 Å². The lowest BCUT2D eigenvalue weighted by Crippen LogP contribution is -2.26. The smallest absolute Gasteiger partial charge is 0.276 e. The second-order valence-electron chi connectivity index (χ2n) is 13.6. The number of ether oxygens (including phenoxy) is 1. The zero-order valence-electron chi connectivity index (χ0n) is 33.0. The number of fused-ring (bicyclic) bond motifs is 1. The van der Waals surface area contributed by atoms with Gasteiger partial charge in [0.25, 0.3) is 17.4 Å². The second kappa shape index (κ2) is 20.4. The van der Waals surface area contributed by atoms with Gasteiger partial charge in [-0.25, -0.2) is 9.67 Å². The van der Waals surface area contributed by atoms with E-state index in [4.69, 9.17) is 16.3 Å². The summed E-state index contributed by atoms with van der Waals surface area (Å²) in [6.45, 7) is 2.41. The Morgan fingerprint density at radius 3 is 2.00 bits per heavy atom. The van der Waals surface area contributed by atoms with E-state index in [0.29, 0.717) is 34.6 Å². The van der Waals surface area contributed by atoms with Crippen LogP contribution >= 0.6 is 35.5 Å². The highest BCUT2D eigenvalue weighted by Crippen LogP contribution is 2.31. The Morgan fingerprint density at radius 2 is 1.31 bits per heavy atom. The summed E-state index contributed by atoms with van der Waals surface area (Å²) in [7, 11) is 1.62. The first kappa shape index (κ1) is 42.3. The molecule has 14 heteroatoms. The Balaban J connectivity index is 0.000000186. The van der Waals surface area contributed by atoms with Crippen molar-refractivity contribution in [3.8, 4) is 5.75 Å². The van der Waals surface area contributed by atoms with Crippen LogP contribution in [0.2, 0.25) is 5.02 Å². The molecule has 306 valence electrons. The van der Waals surface area contributed by atoms with Crippen LogP contribution in [0.5, 0.6) is 5.75 Å². The maximum Gasteiger partial charge on any atom is 0.276 e. The first-order valence-electron chi connectivity index (χ1n) is 19.1. The molecule has 1 aliphatic rings. The van der Waals surface area contributed by atoms with Crippen molar-refractivity contribution < 1.29 is 14.3 Å². The Kier molecular flexibility index (Phi) is 14.2. The number of carbonyl (C=O) groups is 2. The molecule has 0 fully saturated rings. The average molecular weight is 866 g/mol. The summed E-state index contributed by atoms with van der Waals surface area (Å²) in [5, 5.41) is 10.7. The van der Waals surface area contributed by atoms with Gasteiger partial charge in [-0.1, -0.05) is 97.4 Å². The number of carbonyl (C=O) groups excluding carboxylic acids is 2. The van der Waals surface area contributed by atoms with Gasteiger partial charge in [-0.3, -0.25) is 14.4 Å². The molecule has 1 aliphatic carbocycles. The third-order valence-corrected chi connectivity index (χ3v) is 11.2. The fourth-order valence-corrected chi connectivity index (χ4v) is 7.78. The Bertz CT molecular complexity index is 2750.